The van der Waals surface area contributed by atoms with Crippen LogP contribution in [-0.2, 0) is 11.3 Å². The first-order chi connectivity index (χ1) is 9.10. The lowest BCUT2D eigenvalue weighted by Crippen LogP contribution is -2.36. The molecule has 0 radical (unpaired) electrons. The molecule has 1 unspecified atom stereocenters. The van der Waals surface area contributed by atoms with E-state index in [0.29, 0.717) is 11.7 Å². The third kappa shape index (κ3) is 3.71. The van der Waals surface area contributed by atoms with Crippen LogP contribution in [0.4, 0.5) is 0 Å². The topological polar surface area (TPSA) is 32.7 Å². The maximum atomic E-state index is 9.82. The fourth-order valence-electron chi connectivity index (χ4n) is 3.06. The number of methoxy groups -OCH3 is 1. The van der Waals surface area contributed by atoms with E-state index >= 15 is 0 Å². The number of aromatic hydroxyl groups is 1. The number of benzene rings is 1. The van der Waals surface area contributed by atoms with Crippen LogP contribution in [0.2, 0.25) is 0 Å². The van der Waals surface area contributed by atoms with Crippen molar-refractivity contribution in [3.05, 3.63) is 28.8 Å². The van der Waals surface area contributed by atoms with Gasteiger partial charge in [-0.1, -0.05) is 12.1 Å². The highest BCUT2D eigenvalue weighted by Crippen LogP contribution is 2.25. The fraction of sp³-hybridized carbons (Fsp3) is 0.625. The first-order valence-electron chi connectivity index (χ1n) is 7.10. The lowest BCUT2D eigenvalue weighted by molar-refractivity contribution is 0.0873. The lowest BCUT2D eigenvalue weighted by atomic mass is 9.98. The molecule has 1 aliphatic rings. The zero-order valence-corrected chi connectivity index (χ0v) is 12.3. The van der Waals surface area contributed by atoms with Crippen LogP contribution in [0.3, 0.4) is 0 Å². The van der Waals surface area contributed by atoms with Crippen molar-refractivity contribution in [2.75, 3.05) is 26.8 Å². The van der Waals surface area contributed by atoms with E-state index in [9.17, 15) is 5.11 Å². The molecule has 1 atom stereocenters. The zero-order valence-electron chi connectivity index (χ0n) is 12.3. The van der Waals surface area contributed by atoms with Gasteiger partial charge < -0.3 is 9.84 Å². The van der Waals surface area contributed by atoms with Crippen LogP contribution >= 0.6 is 0 Å². The Labute approximate surface area is 116 Å². The van der Waals surface area contributed by atoms with Crippen molar-refractivity contribution >= 4 is 0 Å². The lowest BCUT2D eigenvalue weighted by Gasteiger charge is -2.32. The van der Waals surface area contributed by atoms with E-state index in [-0.39, 0.29) is 0 Å². The number of hydrogen-bond donors (Lipinski definition) is 1. The minimum absolute atomic E-state index is 0.430. The van der Waals surface area contributed by atoms with Gasteiger partial charge in [0.25, 0.3) is 0 Å². The molecule has 0 aliphatic carbocycles. The van der Waals surface area contributed by atoms with Crippen LogP contribution in [0.25, 0.3) is 0 Å². The zero-order chi connectivity index (χ0) is 13.8. The van der Waals surface area contributed by atoms with E-state index in [1.165, 1.54) is 24.9 Å². The molecule has 1 aromatic carbocycles. The molecule has 1 saturated heterocycles. The number of hydrogen-bond acceptors (Lipinski definition) is 3. The number of piperidine rings is 1. The number of likely N-dealkylation sites (tertiary alicyclic amines) is 1. The molecule has 1 aliphatic heterocycles. The van der Waals surface area contributed by atoms with Gasteiger partial charge in [0.15, 0.2) is 0 Å². The second kappa shape index (κ2) is 6.40. The van der Waals surface area contributed by atoms with Crippen molar-refractivity contribution in [3.8, 4) is 5.75 Å². The second-order valence-electron chi connectivity index (χ2n) is 5.78. The molecule has 2 rings (SSSR count). The van der Waals surface area contributed by atoms with E-state index in [0.717, 1.165) is 30.8 Å². The quantitative estimate of drug-likeness (QED) is 0.906. The van der Waals surface area contributed by atoms with Crippen molar-refractivity contribution in [1.82, 2.24) is 4.90 Å². The number of phenolic OH excluding ortho intramolecular Hbond substituents is 1. The Morgan fingerprint density at radius 2 is 2.00 bits per heavy atom. The number of phenols is 1. The second-order valence-corrected chi connectivity index (χ2v) is 5.78. The van der Waals surface area contributed by atoms with Gasteiger partial charge in [-0.25, -0.2) is 0 Å². The van der Waals surface area contributed by atoms with E-state index in [2.05, 4.69) is 17.0 Å². The summed E-state index contributed by atoms with van der Waals surface area (Å²) in [5.74, 6) is 1.10. The first-order valence-corrected chi connectivity index (χ1v) is 7.10. The van der Waals surface area contributed by atoms with E-state index in [4.69, 9.17) is 4.74 Å². The summed E-state index contributed by atoms with van der Waals surface area (Å²) in [5, 5.41) is 9.82. The predicted molar refractivity (Wildman–Crippen MR) is 77.5 cm³/mol. The average Bonchev–Trinajstić information content (AvgIpc) is 2.37. The molecular formula is C16H25NO2. The van der Waals surface area contributed by atoms with Crippen LogP contribution < -0.4 is 0 Å². The molecule has 0 aromatic heterocycles. The molecule has 106 valence electrons. The normalized spacial score (nSPS) is 20.7. The van der Waals surface area contributed by atoms with Crippen LogP contribution in [-0.4, -0.2) is 36.8 Å². The Morgan fingerprint density at radius 3 is 2.63 bits per heavy atom. The maximum absolute atomic E-state index is 9.82. The predicted octanol–water partition coefficient (Wildman–Crippen LogP) is 2.87. The van der Waals surface area contributed by atoms with Gasteiger partial charge in [0.2, 0.25) is 0 Å². The molecule has 1 fully saturated rings. The molecule has 0 spiro atoms. The Bertz CT molecular complexity index is 406. The van der Waals surface area contributed by atoms with Gasteiger partial charge in [-0.15, -0.1) is 0 Å². The third-order valence-electron chi connectivity index (χ3n) is 3.96. The molecule has 0 saturated carbocycles. The van der Waals surface area contributed by atoms with E-state index in [1.54, 1.807) is 7.11 Å². The van der Waals surface area contributed by atoms with Gasteiger partial charge in [0.1, 0.15) is 5.75 Å². The largest absolute Gasteiger partial charge is 0.507 e. The van der Waals surface area contributed by atoms with Gasteiger partial charge in [0, 0.05) is 20.2 Å². The Hall–Kier alpha value is -1.06. The Kier molecular flexibility index (Phi) is 4.83. The number of nitrogens with zero attached hydrogens (tertiary/aromatic N) is 1. The van der Waals surface area contributed by atoms with Gasteiger partial charge in [-0.05, 0) is 55.8 Å². The monoisotopic (exact) mass is 263 g/mol. The highest BCUT2D eigenvalue weighted by Gasteiger charge is 2.20. The molecule has 1 heterocycles. The van der Waals surface area contributed by atoms with Crippen LogP contribution in [0, 0.1) is 19.8 Å². The minimum Gasteiger partial charge on any atom is -0.507 e. The van der Waals surface area contributed by atoms with Gasteiger partial charge in [-0.3, -0.25) is 4.90 Å². The summed E-state index contributed by atoms with van der Waals surface area (Å²) in [6.07, 6.45) is 2.53. The number of aryl methyl sites for hydroxylation is 2. The number of rotatable bonds is 4. The van der Waals surface area contributed by atoms with Crippen molar-refractivity contribution in [2.24, 2.45) is 5.92 Å². The van der Waals surface area contributed by atoms with Gasteiger partial charge in [-0.2, -0.15) is 0 Å². The molecule has 19 heavy (non-hydrogen) atoms. The Morgan fingerprint density at radius 1 is 1.32 bits per heavy atom. The third-order valence-corrected chi connectivity index (χ3v) is 3.96. The molecule has 0 bridgehead atoms. The van der Waals surface area contributed by atoms with Crippen LogP contribution in [0.5, 0.6) is 5.75 Å². The summed E-state index contributed by atoms with van der Waals surface area (Å²) < 4.78 is 5.27. The summed E-state index contributed by atoms with van der Waals surface area (Å²) in [6.45, 7) is 8.06. The molecular weight excluding hydrogens is 238 g/mol. The molecule has 3 nitrogen and oxygen atoms in total. The van der Waals surface area contributed by atoms with Gasteiger partial charge >= 0.3 is 0 Å². The van der Waals surface area contributed by atoms with E-state index in [1.807, 2.05) is 13.8 Å². The van der Waals surface area contributed by atoms with Crippen molar-refractivity contribution in [3.63, 3.8) is 0 Å². The van der Waals surface area contributed by atoms with Crippen molar-refractivity contribution < 1.29 is 9.84 Å². The number of ether oxygens (including phenoxy) is 1. The fourth-order valence-corrected chi connectivity index (χ4v) is 3.06. The summed E-state index contributed by atoms with van der Waals surface area (Å²) >= 11 is 0. The Balaban J connectivity index is 2.00. The molecule has 0 amide bonds. The standard InChI is InChI=1S/C16H25NO2/c1-12-7-15(8-13(2)16(12)18)10-17-6-4-5-14(9-17)11-19-3/h7-8,14,18H,4-6,9-11H2,1-3H3. The summed E-state index contributed by atoms with van der Waals surface area (Å²) in [4.78, 5) is 2.50. The van der Waals surface area contributed by atoms with Crippen molar-refractivity contribution in [1.29, 1.82) is 0 Å². The van der Waals surface area contributed by atoms with Crippen molar-refractivity contribution in [2.45, 2.75) is 33.2 Å². The molecule has 1 N–H and O–H groups in total. The summed E-state index contributed by atoms with van der Waals surface area (Å²) in [6, 6.07) is 4.20. The summed E-state index contributed by atoms with van der Waals surface area (Å²) in [5.41, 5.74) is 3.24. The smallest absolute Gasteiger partial charge is 0.121 e. The molecule has 1 aromatic rings. The highest BCUT2D eigenvalue weighted by molar-refractivity contribution is 5.42. The minimum atomic E-state index is 0.430. The SMILES string of the molecule is COCC1CCCN(Cc2cc(C)c(O)c(C)c2)C1. The van der Waals surface area contributed by atoms with Gasteiger partial charge in [0.05, 0.1) is 6.61 Å². The first kappa shape index (κ1) is 14.4. The maximum Gasteiger partial charge on any atom is 0.121 e. The van der Waals surface area contributed by atoms with Crippen LogP contribution in [0.1, 0.15) is 29.5 Å². The molecule has 3 heteroatoms. The van der Waals surface area contributed by atoms with E-state index < -0.39 is 0 Å². The average molecular weight is 263 g/mol. The highest BCUT2D eigenvalue weighted by atomic mass is 16.5. The van der Waals surface area contributed by atoms with Crippen LogP contribution in [0.15, 0.2) is 12.1 Å². The summed E-state index contributed by atoms with van der Waals surface area (Å²) in [7, 11) is 1.78.